The summed E-state index contributed by atoms with van der Waals surface area (Å²) in [7, 11) is 7.30. The summed E-state index contributed by atoms with van der Waals surface area (Å²) in [6.07, 6.45) is 1.74. The number of aromatic nitrogens is 2. The molecule has 0 bridgehead atoms. The molecule has 0 aliphatic heterocycles. The van der Waals surface area contributed by atoms with Crippen LogP contribution in [0.1, 0.15) is 12.0 Å². The van der Waals surface area contributed by atoms with Gasteiger partial charge in [0.15, 0.2) is 11.5 Å². The molecule has 0 aliphatic rings. The Bertz CT molecular complexity index is 673. The first-order valence-corrected chi connectivity index (χ1v) is 7.09. The van der Waals surface area contributed by atoms with Crippen LogP contribution < -0.4 is 20.9 Å². The van der Waals surface area contributed by atoms with Crippen LogP contribution >= 0.6 is 0 Å². The van der Waals surface area contributed by atoms with Crippen LogP contribution in [0.15, 0.2) is 6.07 Å². The van der Waals surface area contributed by atoms with Crippen molar-refractivity contribution in [3.8, 4) is 11.5 Å². The average Bonchev–Trinajstić information content (AvgIpc) is 2.45. The van der Waals surface area contributed by atoms with Crippen molar-refractivity contribution in [3.63, 3.8) is 0 Å². The Morgan fingerprint density at radius 2 is 1.86 bits per heavy atom. The van der Waals surface area contributed by atoms with Crippen molar-refractivity contribution in [3.05, 3.63) is 11.6 Å². The molecule has 1 aromatic heterocycles. The fourth-order valence-electron chi connectivity index (χ4n) is 2.57. The van der Waals surface area contributed by atoms with Gasteiger partial charge in [-0.1, -0.05) is 0 Å². The highest BCUT2D eigenvalue weighted by Crippen LogP contribution is 2.39. The van der Waals surface area contributed by atoms with Gasteiger partial charge >= 0.3 is 0 Å². The molecule has 0 saturated carbocycles. The Morgan fingerprint density at radius 3 is 2.45 bits per heavy atom. The van der Waals surface area contributed by atoms with Crippen molar-refractivity contribution in [2.45, 2.75) is 12.8 Å². The van der Waals surface area contributed by atoms with Crippen molar-refractivity contribution in [2.24, 2.45) is 0 Å². The zero-order valence-electron chi connectivity index (χ0n) is 13.5. The number of nitrogen functional groups attached to an aromatic ring is 2. The first-order valence-electron chi connectivity index (χ1n) is 7.09. The van der Waals surface area contributed by atoms with Gasteiger partial charge in [-0.2, -0.15) is 4.98 Å². The molecule has 0 radical (unpaired) electrons. The summed E-state index contributed by atoms with van der Waals surface area (Å²) >= 11 is 0. The van der Waals surface area contributed by atoms with E-state index in [1.807, 2.05) is 14.1 Å². The van der Waals surface area contributed by atoms with Gasteiger partial charge < -0.3 is 25.8 Å². The van der Waals surface area contributed by atoms with Gasteiger partial charge in [0.25, 0.3) is 0 Å². The lowest BCUT2D eigenvalue weighted by atomic mass is 10.0. The second-order valence-electron chi connectivity index (χ2n) is 5.36. The third-order valence-electron chi connectivity index (χ3n) is 3.51. The maximum absolute atomic E-state index is 6.07. The molecule has 4 N–H and O–H groups in total. The van der Waals surface area contributed by atoms with Crippen LogP contribution in [0.2, 0.25) is 0 Å². The Kier molecular flexibility index (Phi) is 4.87. The smallest absolute Gasteiger partial charge is 0.222 e. The van der Waals surface area contributed by atoms with E-state index < -0.39 is 0 Å². The predicted octanol–water partition coefficient (Wildman–Crippen LogP) is 1.31. The van der Waals surface area contributed by atoms with Crippen molar-refractivity contribution >= 4 is 22.7 Å². The minimum atomic E-state index is 0.150. The van der Waals surface area contributed by atoms with E-state index in [1.165, 1.54) is 0 Å². The number of nitrogens with two attached hydrogens (primary N) is 2. The van der Waals surface area contributed by atoms with Crippen LogP contribution in [-0.2, 0) is 6.42 Å². The molecule has 7 nitrogen and oxygen atoms in total. The lowest BCUT2D eigenvalue weighted by Crippen LogP contribution is -2.14. The van der Waals surface area contributed by atoms with E-state index in [2.05, 4.69) is 14.9 Å². The predicted molar refractivity (Wildman–Crippen MR) is 88.3 cm³/mol. The summed E-state index contributed by atoms with van der Waals surface area (Å²) < 4.78 is 11.0. The van der Waals surface area contributed by atoms with Gasteiger partial charge in [0.2, 0.25) is 5.95 Å². The highest BCUT2D eigenvalue weighted by molar-refractivity contribution is 5.95. The van der Waals surface area contributed by atoms with E-state index in [4.69, 9.17) is 20.9 Å². The number of hydrogen-bond donors (Lipinski definition) is 2. The standard InChI is InChI=1S/C15H23N5O2/c1-20(2)7-5-6-9-12-10(18-15(17)19-14(12)16)8-11(21-3)13(9)22-4/h8H,5-7H2,1-4H3,(H4,16,17,18,19). The summed E-state index contributed by atoms with van der Waals surface area (Å²) in [4.78, 5) is 10.5. The van der Waals surface area contributed by atoms with Crippen LogP contribution in [0, 0.1) is 0 Å². The third kappa shape index (κ3) is 3.14. The lowest BCUT2D eigenvalue weighted by Gasteiger charge is -2.17. The zero-order valence-corrected chi connectivity index (χ0v) is 13.5. The molecule has 0 aliphatic carbocycles. The fraction of sp³-hybridized carbons (Fsp3) is 0.467. The Hall–Kier alpha value is -2.28. The first kappa shape index (κ1) is 16.1. The second-order valence-corrected chi connectivity index (χ2v) is 5.36. The first-order chi connectivity index (χ1) is 10.5. The summed E-state index contributed by atoms with van der Waals surface area (Å²) in [5.41, 5.74) is 13.4. The van der Waals surface area contributed by atoms with Crippen LogP contribution in [0.3, 0.4) is 0 Å². The Morgan fingerprint density at radius 1 is 1.14 bits per heavy atom. The van der Waals surface area contributed by atoms with Gasteiger partial charge in [0.05, 0.1) is 19.7 Å². The molecule has 0 spiro atoms. The Balaban J connectivity index is 2.61. The number of fused-ring (bicyclic) bond motifs is 1. The summed E-state index contributed by atoms with van der Waals surface area (Å²) in [6, 6.07) is 1.78. The average molecular weight is 305 g/mol. The molecule has 22 heavy (non-hydrogen) atoms. The van der Waals surface area contributed by atoms with Crippen molar-refractivity contribution in [2.75, 3.05) is 46.3 Å². The molecule has 1 heterocycles. The minimum absolute atomic E-state index is 0.150. The van der Waals surface area contributed by atoms with Gasteiger partial charge in [0.1, 0.15) is 5.82 Å². The normalized spacial score (nSPS) is 11.1. The maximum Gasteiger partial charge on any atom is 0.222 e. The quantitative estimate of drug-likeness (QED) is 0.830. The van der Waals surface area contributed by atoms with Crippen LogP contribution in [0.4, 0.5) is 11.8 Å². The third-order valence-corrected chi connectivity index (χ3v) is 3.51. The monoisotopic (exact) mass is 305 g/mol. The van der Waals surface area contributed by atoms with E-state index in [-0.39, 0.29) is 5.95 Å². The summed E-state index contributed by atoms with van der Waals surface area (Å²) in [5, 5.41) is 0.783. The highest BCUT2D eigenvalue weighted by atomic mass is 16.5. The van der Waals surface area contributed by atoms with E-state index in [9.17, 15) is 0 Å². The number of anilines is 2. The number of benzene rings is 1. The van der Waals surface area contributed by atoms with Crippen LogP contribution in [0.5, 0.6) is 11.5 Å². The van der Waals surface area contributed by atoms with E-state index in [1.54, 1.807) is 20.3 Å². The molecule has 0 unspecified atom stereocenters. The molecule has 120 valence electrons. The van der Waals surface area contributed by atoms with E-state index in [0.717, 1.165) is 30.3 Å². The molecule has 0 amide bonds. The van der Waals surface area contributed by atoms with Gasteiger partial charge in [0, 0.05) is 17.0 Å². The number of hydrogen-bond acceptors (Lipinski definition) is 7. The van der Waals surface area contributed by atoms with E-state index in [0.29, 0.717) is 22.8 Å². The lowest BCUT2D eigenvalue weighted by molar-refractivity contribution is 0.350. The second kappa shape index (κ2) is 6.65. The molecule has 1 aromatic carbocycles. The van der Waals surface area contributed by atoms with Crippen molar-refractivity contribution in [1.29, 1.82) is 0 Å². The molecule has 7 heteroatoms. The number of nitrogens with zero attached hydrogens (tertiary/aromatic N) is 3. The molecule has 0 atom stereocenters. The Labute approximate surface area is 130 Å². The number of ether oxygens (including phenoxy) is 2. The zero-order chi connectivity index (χ0) is 16.3. The SMILES string of the molecule is COc1cc2nc(N)nc(N)c2c(CCCN(C)C)c1OC. The van der Waals surface area contributed by atoms with Crippen LogP contribution in [-0.4, -0.2) is 49.7 Å². The molecule has 0 saturated heterocycles. The number of rotatable bonds is 6. The fourth-order valence-corrected chi connectivity index (χ4v) is 2.57. The molecule has 2 rings (SSSR count). The van der Waals surface area contributed by atoms with Crippen molar-refractivity contribution in [1.82, 2.24) is 14.9 Å². The molecule has 2 aromatic rings. The van der Waals surface area contributed by atoms with Crippen molar-refractivity contribution < 1.29 is 9.47 Å². The summed E-state index contributed by atoms with van der Waals surface area (Å²) in [5.74, 6) is 1.81. The van der Waals surface area contributed by atoms with Gasteiger partial charge in [-0.3, -0.25) is 0 Å². The van der Waals surface area contributed by atoms with Gasteiger partial charge in [-0.05, 0) is 33.5 Å². The summed E-state index contributed by atoms with van der Waals surface area (Å²) in [6.45, 7) is 0.956. The topological polar surface area (TPSA) is 99.5 Å². The largest absolute Gasteiger partial charge is 0.493 e. The van der Waals surface area contributed by atoms with Crippen LogP contribution in [0.25, 0.3) is 10.9 Å². The van der Waals surface area contributed by atoms with E-state index >= 15 is 0 Å². The minimum Gasteiger partial charge on any atom is -0.493 e. The number of aryl methyl sites for hydroxylation is 1. The molecular formula is C15H23N5O2. The highest BCUT2D eigenvalue weighted by Gasteiger charge is 2.18. The van der Waals surface area contributed by atoms with Gasteiger partial charge in [-0.15, -0.1) is 0 Å². The van der Waals surface area contributed by atoms with Gasteiger partial charge in [-0.25, -0.2) is 4.98 Å². The maximum atomic E-state index is 6.07. The number of methoxy groups -OCH3 is 2. The molecule has 0 fully saturated rings. The molecular weight excluding hydrogens is 282 g/mol.